The number of hydrazine groups is 1. The highest BCUT2D eigenvalue weighted by molar-refractivity contribution is 5.31. The molecule has 2 unspecified atom stereocenters. The zero-order valence-corrected chi connectivity index (χ0v) is 9.11. The van der Waals surface area contributed by atoms with Crippen LogP contribution >= 0.6 is 0 Å². The molecule has 0 aliphatic heterocycles. The highest BCUT2D eigenvalue weighted by Gasteiger charge is 2.26. The maximum atomic E-state index is 5.33. The summed E-state index contributed by atoms with van der Waals surface area (Å²) in [5, 5.41) is 0. The van der Waals surface area contributed by atoms with Gasteiger partial charge in [-0.15, -0.1) is 0 Å². The minimum atomic E-state index is 0.531. The standard InChI is InChI=1S/C11H18N4/c1-2-8-3-4-9(7-8)11-13-6-5-10(14-11)15-12/h5-6,8-9H,2-4,7,12H2,1H3,(H,13,14,15). The first-order chi connectivity index (χ1) is 7.33. The molecule has 1 aromatic rings. The van der Waals surface area contributed by atoms with E-state index in [0.717, 1.165) is 11.7 Å². The number of nitrogens with two attached hydrogens (primary N) is 1. The Labute approximate surface area is 90.3 Å². The molecule has 4 nitrogen and oxygen atoms in total. The van der Waals surface area contributed by atoms with Crippen molar-refractivity contribution in [3.63, 3.8) is 0 Å². The molecule has 1 fully saturated rings. The van der Waals surface area contributed by atoms with Gasteiger partial charge in [-0.05, 0) is 25.2 Å². The van der Waals surface area contributed by atoms with Crippen molar-refractivity contribution in [2.45, 2.75) is 38.5 Å². The summed E-state index contributed by atoms with van der Waals surface area (Å²) in [5.41, 5.74) is 2.56. The molecule has 1 aromatic heterocycles. The van der Waals surface area contributed by atoms with Crippen molar-refractivity contribution in [3.05, 3.63) is 18.1 Å². The van der Waals surface area contributed by atoms with Gasteiger partial charge < -0.3 is 5.43 Å². The molecule has 2 atom stereocenters. The van der Waals surface area contributed by atoms with Crippen molar-refractivity contribution in [3.8, 4) is 0 Å². The minimum Gasteiger partial charge on any atom is -0.308 e. The normalized spacial score (nSPS) is 25.5. The van der Waals surface area contributed by atoms with E-state index in [9.17, 15) is 0 Å². The molecular formula is C11H18N4. The average molecular weight is 206 g/mol. The van der Waals surface area contributed by atoms with E-state index >= 15 is 0 Å². The van der Waals surface area contributed by atoms with Crippen LogP contribution in [0.2, 0.25) is 0 Å². The highest BCUT2D eigenvalue weighted by Crippen LogP contribution is 2.38. The van der Waals surface area contributed by atoms with Gasteiger partial charge >= 0.3 is 0 Å². The first-order valence-corrected chi connectivity index (χ1v) is 5.63. The lowest BCUT2D eigenvalue weighted by molar-refractivity contribution is 0.516. The third-order valence-corrected chi connectivity index (χ3v) is 3.31. The number of hydrogen-bond donors (Lipinski definition) is 2. The molecule has 1 aliphatic carbocycles. The monoisotopic (exact) mass is 206 g/mol. The van der Waals surface area contributed by atoms with Crippen LogP contribution in [0, 0.1) is 5.92 Å². The number of nitrogen functional groups attached to an aromatic ring is 1. The Bertz CT molecular complexity index is 326. The van der Waals surface area contributed by atoms with Crippen molar-refractivity contribution in [1.29, 1.82) is 0 Å². The largest absolute Gasteiger partial charge is 0.308 e. The number of nitrogens with one attached hydrogen (secondary N) is 1. The number of rotatable bonds is 3. The molecule has 15 heavy (non-hydrogen) atoms. The molecule has 1 aliphatic rings. The molecule has 2 rings (SSSR count). The molecule has 3 N–H and O–H groups in total. The van der Waals surface area contributed by atoms with Crippen LogP contribution in [-0.4, -0.2) is 9.97 Å². The Morgan fingerprint density at radius 1 is 1.53 bits per heavy atom. The molecule has 0 spiro atoms. The topological polar surface area (TPSA) is 63.8 Å². The van der Waals surface area contributed by atoms with Gasteiger partial charge in [-0.25, -0.2) is 15.8 Å². The number of aromatic nitrogens is 2. The first-order valence-electron chi connectivity index (χ1n) is 5.63. The van der Waals surface area contributed by atoms with Crippen LogP contribution < -0.4 is 11.3 Å². The molecule has 0 radical (unpaired) electrons. The van der Waals surface area contributed by atoms with Gasteiger partial charge in [0.05, 0.1) is 0 Å². The fourth-order valence-corrected chi connectivity index (χ4v) is 2.33. The molecule has 1 saturated carbocycles. The van der Waals surface area contributed by atoms with Gasteiger partial charge in [-0.3, -0.25) is 0 Å². The Kier molecular flexibility index (Phi) is 3.16. The van der Waals surface area contributed by atoms with E-state index in [-0.39, 0.29) is 0 Å². The Morgan fingerprint density at radius 3 is 3.07 bits per heavy atom. The molecule has 4 heteroatoms. The summed E-state index contributed by atoms with van der Waals surface area (Å²) in [6.45, 7) is 2.26. The van der Waals surface area contributed by atoms with E-state index in [1.807, 2.05) is 0 Å². The van der Waals surface area contributed by atoms with Crippen molar-refractivity contribution < 1.29 is 0 Å². The van der Waals surface area contributed by atoms with E-state index in [4.69, 9.17) is 5.84 Å². The maximum Gasteiger partial charge on any atom is 0.143 e. The van der Waals surface area contributed by atoms with Gasteiger partial charge in [0.15, 0.2) is 0 Å². The lowest BCUT2D eigenvalue weighted by Gasteiger charge is -2.09. The molecule has 0 aromatic carbocycles. The third kappa shape index (κ3) is 2.26. The van der Waals surface area contributed by atoms with Crippen molar-refractivity contribution in [2.24, 2.45) is 11.8 Å². The van der Waals surface area contributed by atoms with Crippen LogP contribution in [0.1, 0.15) is 44.3 Å². The lowest BCUT2D eigenvalue weighted by atomic mass is 10.0. The molecule has 0 saturated heterocycles. The highest BCUT2D eigenvalue weighted by atomic mass is 15.3. The summed E-state index contributed by atoms with van der Waals surface area (Å²) in [5.74, 6) is 8.37. The summed E-state index contributed by atoms with van der Waals surface area (Å²) < 4.78 is 0. The smallest absolute Gasteiger partial charge is 0.143 e. The zero-order chi connectivity index (χ0) is 10.7. The number of hydrogen-bond acceptors (Lipinski definition) is 4. The minimum absolute atomic E-state index is 0.531. The van der Waals surface area contributed by atoms with Crippen LogP contribution in [0.25, 0.3) is 0 Å². The van der Waals surface area contributed by atoms with E-state index < -0.39 is 0 Å². The zero-order valence-electron chi connectivity index (χ0n) is 9.11. The van der Waals surface area contributed by atoms with Crippen molar-refractivity contribution in [2.75, 3.05) is 5.43 Å². The van der Waals surface area contributed by atoms with E-state index in [0.29, 0.717) is 11.7 Å². The van der Waals surface area contributed by atoms with Gasteiger partial charge in [0.2, 0.25) is 0 Å². The average Bonchev–Trinajstić information content (AvgIpc) is 2.78. The van der Waals surface area contributed by atoms with Crippen LogP contribution in [0.15, 0.2) is 12.3 Å². The van der Waals surface area contributed by atoms with Gasteiger partial charge in [-0.2, -0.15) is 0 Å². The maximum absolute atomic E-state index is 5.33. The van der Waals surface area contributed by atoms with Crippen molar-refractivity contribution >= 4 is 5.82 Å². The van der Waals surface area contributed by atoms with Crippen molar-refractivity contribution in [1.82, 2.24) is 9.97 Å². The summed E-state index contributed by atoms with van der Waals surface area (Å²) in [6.07, 6.45) is 6.80. The summed E-state index contributed by atoms with van der Waals surface area (Å²) >= 11 is 0. The van der Waals surface area contributed by atoms with Gasteiger partial charge in [0.25, 0.3) is 0 Å². The Hall–Kier alpha value is -1.16. The molecule has 0 amide bonds. The fraction of sp³-hybridized carbons (Fsp3) is 0.636. The number of nitrogens with zero attached hydrogens (tertiary/aromatic N) is 2. The SMILES string of the molecule is CCC1CCC(c2nccc(NN)n2)C1. The molecule has 0 bridgehead atoms. The van der Waals surface area contributed by atoms with Gasteiger partial charge in [0.1, 0.15) is 11.6 Å². The van der Waals surface area contributed by atoms with Crippen LogP contribution in [-0.2, 0) is 0 Å². The quantitative estimate of drug-likeness (QED) is 0.587. The summed E-state index contributed by atoms with van der Waals surface area (Å²) in [7, 11) is 0. The lowest BCUT2D eigenvalue weighted by Crippen LogP contribution is -2.11. The van der Waals surface area contributed by atoms with Crippen LogP contribution in [0.3, 0.4) is 0 Å². The van der Waals surface area contributed by atoms with E-state index in [1.165, 1.54) is 25.7 Å². The third-order valence-electron chi connectivity index (χ3n) is 3.31. The van der Waals surface area contributed by atoms with E-state index in [2.05, 4.69) is 22.3 Å². The summed E-state index contributed by atoms with van der Waals surface area (Å²) in [4.78, 5) is 8.73. The van der Waals surface area contributed by atoms with Gasteiger partial charge in [-0.1, -0.05) is 13.3 Å². The fourth-order valence-electron chi connectivity index (χ4n) is 2.33. The second-order valence-corrected chi connectivity index (χ2v) is 4.23. The second kappa shape index (κ2) is 4.57. The van der Waals surface area contributed by atoms with Crippen LogP contribution in [0.4, 0.5) is 5.82 Å². The second-order valence-electron chi connectivity index (χ2n) is 4.23. The molecule has 82 valence electrons. The number of anilines is 1. The Balaban J connectivity index is 2.09. The summed E-state index contributed by atoms with van der Waals surface area (Å²) in [6, 6.07) is 1.79. The van der Waals surface area contributed by atoms with E-state index in [1.54, 1.807) is 12.3 Å². The first kappa shape index (κ1) is 10.4. The molecule has 1 heterocycles. The Morgan fingerprint density at radius 2 is 2.40 bits per heavy atom. The predicted molar refractivity (Wildman–Crippen MR) is 60.2 cm³/mol. The molecular weight excluding hydrogens is 188 g/mol. The van der Waals surface area contributed by atoms with Crippen LogP contribution in [0.5, 0.6) is 0 Å². The van der Waals surface area contributed by atoms with Gasteiger partial charge in [0, 0.05) is 18.2 Å². The predicted octanol–water partition coefficient (Wildman–Crippen LogP) is 2.06.